The Morgan fingerprint density at radius 2 is 2.04 bits per heavy atom. The van der Waals surface area contributed by atoms with Crippen LogP contribution in [0.2, 0.25) is 0 Å². The highest BCUT2D eigenvalue weighted by Crippen LogP contribution is 2.34. The number of methoxy groups -OCH3 is 1. The normalized spacial score (nSPS) is 11.2. The Morgan fingerprint density at radius 1 is 1.25 bits per heavy atom. The molecule has 11 heteroatoms. The van der Waals surface area contributed by atoms with Crippen LogP contribution in [-0.4, -0.2) is 33.0 Å². The van der Waals surface area contributed by atoms with E-state index in [1.54, 1.807) is 11.4 Å². The Morgan fingerprint density at radius 3 is 2.68 bits per heavy atom. The van der Waals surface area contributed by atoms with E-state index in [4.69, 9.17) is 4.74 Å². The molecule has 28 heavy (non-hydrogen) atoms. The summed E-state index contributed by atoms with van der Waals surface area (Å²) >= 11 is 1.30. The molecular formula is C17H16F2N6O2S. The van der Waals surface area contributed by atoms with Crippen LogP contribution in [0.1, 0.15) is 19.7 Å². The second-order valence-electron chi connectivity index (χ2n) is 5.78. The summed E-state index contributed by atoms with van der Waals surface area (Å²) in [6.07, 6.45) is 2.75. The molecule has 0 aromatic carbocycles. The van der Waals surface area contributed by atoms with Gasteiger partial charge < -0.3 is 15.4 Å². The van der Waals surface area contributed by atoms with Gasteiger partial charge in [-0.2, -0.15) is 8.78 Å². The Bertz CT molecular complexity index is 1010. The molecule has 3 heterocycles. The molecular weight excluding hydrogens is 390 g/mol. The maximum atomic E-state index is 13.5. The number of carbonyl (C=O) groups is 1. The maximum absolute atomic E-state index is 13.5. The number of nitrogens with zero attached hydrogens (tertiary/aromatic N) is 4. The number of nitrogens with one attached hydrogen (secondary N) is 2. The predicted octanol–water partition coefficient (Wildman–Crippen LogP) is 3.82. The van der Waals surface area contributed by atoms with Crippen LogP contribution in [0.3, 0.4) is 0 Å². The van der Waals surface area contributed by atoms with Crippen molar-refractivity contribution in [2.75, 3.05) is 17.7 Å². The van der Waals surface area contributed by atoms with Gasteiger partial charge in [-0.25, -0.2) is 19.9 Å². The number of hydrogen-bond donors (Lipinski definition) is 2. The van der Waals surface area contributed by atoms with Gasteiger partial charge in [-0.1, -0.05) is 11.3 Å². The van der Waals surface area contributed by atoms with E-state index in [0.717, 1.165) is 6.92 Å². The van der Waals surface area contributed by atoms with Crippen LogP contribution in [0.5, 0.6) is 5.19 Å². The average molecular weight is 406 g/mol. The van der Waals surface area contributed by atoms with Gasteiger partial charge in [0.25, 0.3) is 5.19 Å². The maximum Gasteiger partial charge on any atom is 0.303 e. The van der Waals surface area contributed by atoms with E-state index >= 15 is 0 Å². The smallest absolute Gasteiger partial charge is 0.303 e. The second-order valence-corrected chi connectivity index (χ2v) is 6.60. The van der Waals surface area contributed by atoms with E-state index < -0.39 is 11.7 Å². The number of hydrogen-bond acceptors (Lipinski definition) is 8. The zero-order chi connectivity index (χ0) is 20.3. The van der Waals surface area contributed by atoms with Crippen LogP contribution in [0.15, 0.2) is 29.9 Å². The average Bonchev–Trinajstić information content (AvgIpc) is 3.10. The molecule has 0 aliphatic heterocycles. The highest BCUT2D eigenvalue weighted by Gasteiger charge is 2.28. The first-order valence-corrected chi connectivity index (χ1v) is 8.90. The topological polar surface area (TPSA) is 102 Å². The molecule has 0 fully saturated rings. The zero-order valence-corrected chi connectivity index (χ0v) is 16.0. The van der Waals surface area contributed by atoms with Gasteiger partial charge in [-0.05, 0) is 6.07 Å². The molecule has 0 aliphatic rings. The number of halogens is 2. The van der Waals surface area contributed by atoms with Crippen molar-refractivity contribution in [3.63, 3.8) is 0 Å². The molecule has 0 atom stereocenters. The van der Waals surface area contributed by atoms with Gasteiger partial charge in [-0.3, -0.25) is 4.79 Å². The first-order valence-electron chi connectivity index (χ1n) is 8.02. The van der Waals surface area contributed by atoms with E-state index in [2.05, 4.69) is 30.6 Å². The van der Waals surface area contributed by atoms with E-state index in [1.165, 1.54) is 43.8 Å². The third kappa shape index (κ3) is 4.55. The molecule has 0 radical (unpaired) electrons. The molecule has 2 N–H and O–H groups in total. The first kappa shape index (κ1) is 19.5. The minimum absolute atomic E-state index is 0.162. The molecule has 146 valence electrons. The Kier molecular flexibility index (Phi) is 5.45. The third-order valence-electron chi connectivity index (χ3n) is 3.45. The lowest BCUT2D eigenvalue weighted by atomic mass is 10.2. The number of aromatic nitrogens is 4. The van der Waals surface area contributed by atoms with Gasteiger partial charge in [0.05, 0.1) is 18.5 Å². The lowest BCUT2D eigenvalue weighted by Crippen LogP contribution is -2.13. The molecule has 3 rings (SSSR count). The van der Waals surface area contributed by atoms with Gasteiger partial charge in [0.1, 0.15) is 11.6 Å². The number of amides is 1. The molecule has 0 unspecified atom stereocenters. The van der Waals surface area contributed by atoms with Gasteiger partial charge in [0.15, 0.2) is 0 Å². The van der Waals surface area contributed by atoms with Gasteiger partial charge in [0.2, 0.25) is 11.7 Å². The van der Waals surface area contributed by atoms with Crippen LogP contribution in [0.25, 0.3) is 11.3 Å². The largest absolute Gasteiger partial charge is 0.473 e. The molecule has 0 spiro atoms. The van der Waals surface area contributed by atoms with E-state index in [0.29, 0.717) is 22.1 Å². The van der Waals surface area contributed by atoms with Crippen molar-refractivity contribution in [3.05, 3.63) is 35.7 Å². The number of rotatable bonds is 6. The summed E-state index contributed by atoms with van der Waals surface area (Å²) < 4.78 is 32.2. The first-order chi connectivity index (χ1) is 13.3. The number of ether oxygens (including phenoxy) is 1. The minimum atomic E-state index is -3.18. The fourth-order valence-electron chi connectivity index (χ4n) is 2.26. The highest BCUT2D eigenvalue weighted by atomic mass is 32.1. The molecule has 8 nitrogen and oxygen atoms in total. The van der Waals surface area contributed by atoms with Crippen molar-refractivity contribution in [2.45, 2.75) is 19.8 Å². The van der Waals surface area contributed by atoms with Gasteiger partial charge in [0, 0.05) is 43.3 Å². The van der Waals surface area contributed by atoms with Crippen molar-refractivity contribution in [2.24, 2.45) is 0 Å². The lowest BCUT2D eigenvalue weighted by Gasteiger charge is -2.14. The number of anilines is 3. The van der Waals surface area contributed by atoms with Crippen molar-refractivity contribution in [1.29, 1.82) is 0 Å². The van der Waals surface area contributed by atoms with E-state index in [9.17, 15) is 13.6 Å². The molecule has 1 amide bonds. The third-order valence-corrected chi connectivity index (χ3v) is 4.25. The Hall–Kier alpha value is -3.21. The molecule has 0 aliphatic carbocycles. The molecule has 3 aromatic heterocycles. The Balaban J connectivity index is 2.02. The number of thiazole rings is 1. The van der Waals surface area contributed by atoms with E-state index in [1.807, 2.05) is 0 Å². The van der Waals surface area contributed by atoms with Crippen molar-refractivity contribution in [1.82, 2.24) is 19.9 Å². The standard InChI is InChI=1S/C17H16F2N6O2S/c1-9(26)22-14-6-11(10(7-21-14)12-8-28-16(24-12)27-3)23-13-4-5-20-15(25-13)17(2,18)19/h4-8H,1-3H3,(H2,20,21,22,23,25,26). The molecule has 3 aromatic rings. The Labute approximate surface area is 163 Å². The summed E-state index contributed by atoms with van der Waals surface area (Å²) in [5, 5.41) is 7.78. The number of carbonyl (C=O) groups excluding carboxylic acids is 1. The monoisotopic (exact) mass is 406 g/mol. The van der Waals surface area contributed by atoms with Crippen LogP contribution in [-0.2, 0) is 10.7 Å². The van der Waals surface area contributed by atoms with Crippen LogP contribution < -0.4 is 15.4 Å². The van der Waals surface area contributed by atoms with Crippen LogP contribution >= 0.6 is 11.3 Å². The zero-order valence-electron chi connectivity index (χ0n) is 15.2. The fraction of sp³-hybridized carbons (Fsp3) is 0.235. The van der Waals surface area contributed by atoms with Gasteiger partial charge in [-0.15, -0.1) is 0 Å². The lowest BCUT2D eigenvalue weighted by molar-refractivity contribution is -0.114. The number of alkyl halides is 2. The quantitative estimate of drug-likeness (QED) is 0.642. The summed E-state index contributed by atoms with van der Waals surface area (Å²) in [4.78, 5) is 27.3. The van der Waals surface area contributed by atoms with Crippen molar-refractivity contribution >= 4 is 34.6 Å². The highest BCUT2D eigenvalue weighted by molar-refractivity contribution is 7.11. The van der Waals surface area contributed by atoms with Crippen LogP contribution in [0.4, 0.5) is 26.1 Å². The van der Waals surface area contributed by atoms with E-state index in [-0.39, 0.29) is 17.5 Å². The molecule has 0 saturated heterocycles. The predicted molar refractivity (Wildman–Crippen MR) is 101 cm³/mol. The summed E-state index contributed by atoms with van der Waals surface area (Å²) in [6.45, 7) is 2.08. The summed E-state index contributed by atoms with van der Waals surface area (Å²) in [5.41, 5.74) is 1.62. The minimum Gasteiger partial charge on any atom is -0.473 e. The van der Waals surface area contributed by atoms with Crippen molar-refractivity contribution < 1.29 is 18.3 Å². The summed E-state index contributed by atoms with van der Waals surface area (Å²) in [5.74, 6) is -3.63. The summed E-state index contributed by atoms with van der Waals surface area (Å²) in [7, 11) is 1.51. The van der Waals surface area contributed by atoms with Crippen LogP contribution in [0, 0.1) is 0 Å². The molecule has 0 saturated carbocycles. The summed E-state index contributed by atoms with van der Waals surface area (Å²) in [6, 6.07) is 3.02. The van der Waals surface area contributed by atoms with Gasteiger partial charge >= 0.3 is 5.92 Å². The van der Waals surface area contributed by atoms with Crippen molar-refractivity contribution in [3.8, 4) is 16.5 Å². The number of pyridine rings is 1. The second kappa shape index (κ2) is 7.80. The SMILES string of the molecule is COc1nc(-c2cnc(NC(C)=O)cc2Nc2ccnc(C(C)(F)F)n2)cs1. The fourth-order valence-corrected chi connectivity index (χ4v) is 2.90. The molecule has 0 bridgehead atoms.